The molecule has 2 heterocycles. The lowest BCUT2D eigenvalue weighted by Crippen LogP contribution is -2.23. The van der Waals surface area contributed by atoms with Crippen LogP contribution in [-0.2, 0) is 0 Å². The summed E-state index contributed by atoms with van der Waals surface area (Å²) in [5.41, 5.74) is 2.70. The van der Waals surface area contributed by atoms with Crippen LogP contribution in [0.5, 0.6) is 0 Å². The first-order valence-corrected chi connectivity index (χ1v) is 7.20. The van der Waals surface area contributed by atoms with Crippen molar-refractivity contribution in [3.63, 3.8) is 0 Å². The predicted octanol–water partition coefficient (Wildman–Crippen LogP) is 3.51. The summed E-state index contributed by atoms with van der Waals surface area (Å²) < 4.78 is 13.4. The molecule has 1 aromatic carbocycles. The Labute approximate surface area is 127 Å². The van der Waals surface area contributed by atoms with E-state index in [0.717, 1.165) is 22.9 Å². The smallest absolute Gasteiger partial charge is 0.253 e. The van der Waals surface area contributed by atoms with Gasteiger partial charge in [-0.25, -0.2) is 9.37 Å². The normalized spacial score (nSPS) is 10.8. The Balaban J connectivity index is 2.03. The highest BCUT2D eigenvalue weighted by Gasteiger charge is 2.13. The van der Waals surface area contributed by atoms with E-state index in [4.69, 9.17) is 0 Å². The number of nitrogens with zero attached hydrogens (tertiary/aromatic N) is 1. The molecule has 22 heavy (non-hydrogen) atoms. The molecule has 2 N–H and O–H groups in total. The van der Waals surface area contributed by atoms with Gasteiger partial charge < -0.3 is 10.3 Å². The summed E-state index contributed by atoms with van der Waals surface area (Å²) in [6.07, 6.45) is 4.19. The van der Waals surface area contributed by atoms with Crippen LogP contribution in [0, 0.1) is 5.82 Å². The second kappa shape index (κ2) is 5.97. The van der Waals surface area contributed by atoms with Gasteiger partial charge in [-0.2, -0.15) is 0 Å². The van der Waals surface area contributed by atoms with Gasteiger partial charge in [0.15, 0.2) is 0 Å². The van der Waals surface area contributed by atoms with Gasteiger partial charge in [0.25, 0.3) is 5.91 Å². The van der Waals surface area contributed by atoms with Crippen LogP contribution in [0.25, 0.3) is 22.2 Å². The summed E-state index contributed by atoms with van der Waals surface area (Å²) in [4.78, 5) is 19.5. The van der Waals surface area contributed by atoms with Crippen molar-refractivity contribution in [2.45, 2.75) is 13.3 Å². The van der Waals surface area contributed by atoms with Crippen LogP contribution in [0.3, 0.4) is 0 Å². The Morgan fingerprint density at radius 3 is 2.95 bits per heavy atom. The summed E-state index contributed by atoms with van der Waals surface area (Å²) in [7, 11) is 0. The van der Waals surface area contributed by atoms with Gasteiger partial charge in [0, 0.05) is 29.9 Å². The first kappa shape index (κ1) is 14.3. The second-order valence-electron chi connectivity index (χ2n) is 5.09. The number of benzene rings is 1. The number of amides is 1. The van der Waals surface area contributed by atoms with E-state index in [1.54, 1.807) is 18.5 Å². The molecule has 0 saturated heterocycles. The van der Waals surface area contributed by atoms with Crippen molar-refractivity contribution in [1.82, 2.24) is 15.3 Å². The molecule has 0 unspecified atom stereocenters. The molecule has 3 rings (SSSR count). The molecule has 0 aliphatic rings. The number of pyridine rings is 1. The maximum atomic E-state index is 13.4. The van der Waals surface area contributed by atoms with Crippen LogP contribution < -0.4 is 5.32 Å². The maximum Gasteiger partial charge on any atom is 0.253 e. The lowest BCUT2D eigenvalue weighted by molar-refractivity contribution is 0.0955. The highest BCUT2D eigenvalue weighted by Crippen LogP contribution is 2.25. The average Bonchev–Trinajstić information content (AvgIpc) is 2.95. The molecule has 0 aliphatic heterocycles. The van der Waals surface area contributed by atoms with Gasteiger partial charge in [0.05, 0.1) is 5.56 Å². The zero-order valence-electron chi connectivity index (χ0n) is 12.2. The maximum absolute atomic E-state index is 13.4. The van der Waals surface area contributed by atoms with E-state index in [1.165, 1.54) is 12.1 Å². The standard InChI is InChI=1S/C17H16FN3O/c1-2-6-19-17(22)15-10-21-16-14(15)8-12(9-20-16)11-4-3-5-13(18)7-11/h3-5,7-10H,2,6H2,1H3,(H,19,22)(H,20,21). The van der Waals surface area contributed by atoms with Crippen LogP contribution in [0.2, 0.25) is 0 Å². The summed E-state index contributed by atoms with van der Waals surface area (Å²) in [6, 6.07) is 8.17. The van der Waals surface area contributed by atoms with E-state index in [0.29, 0.717) is 17.8 Å². The van der Waals surface area contributed by atoms with Crippen molar-refractivity contribution in [1.29, 1.82) is 0 Å². The minimum atomic E-state index is -0.299. The minimum Gasteiger partial charge on any atom is -0.352 e. The van der Waals surface area contributed by atoms with Crippen molar-refractivity contribution in [2.24, 2.45) is 0 Å². The number of aromatic nitrogens is 2. The van der Waals surface area contributed by atoms with E-state index < -0.39 is 0 Å². The van der Waals surface area contributed by atoms with Crippen molar-refractivity contribution in [2.75, 3.05) is 6.54 Å². The second-order valence-corrected chi connectivity index (χ2v) is 5.09. The van der Waals surface area contributed by atoms with Crippen LogP contribution in [-0.4, -0.2) is 22.4 Å². The Hall–Kier alpha value is -2.69. The fourth-order valence-corrected chi connectivity index (χ4v) is 2.35. The first-order chi connectivity index (χ1) is 10.7. The lowest BCUT2D eigenvalue weighted by Gasteiger charge is -2.04. The molecular formula is C17H16FN3O. The topological polar surface area (TPSA) is 57.8 Å². The van der Waals surface area contributed by atoms with Gasteiger partial charge in [-0.05, 0) is 30.2 Å². The van der Waals surface area contributed by atoms with Gasteiger partial charge in [-0.3, -0.25) is 4.79 Å². The number of aromatic amines is 1. The fourth-order valence-electron chi connectivity index (χ4n) is 2.35. The molecule has 0 aliphatic carbocycles. The molecule has 0 saturated carbocycles. The third-order valence-electron chi connectivity index (χ3n) is 3.47. The number of carbonyl (C=O) groups excluding carboxylic acids is 1. The van der Waals surface area contributed by atoms with E-state index in [9.17, 15) is 9.18 Å². The number of carbonyl (C=O) groups is 1. The number of rotatable bonds is 4. The highest BCUT2D eigenvalue weighted by molar-refractivity contribution is 6.06. The van der Waals surface area contributed by atoms with Crippen molar-refractivity contribution < 1.29 is 9.18 Å². The third-order valence-corrected chi connectivity index (χ3v) is 3.47. The Morgan fingerprint density at radius 2 is 2.18 bits per heavy atom. The van der Waals surface area contributed by atoms with Gasteiger partial charge >= 0.3 is 0 Å². The van der Waals surface area contributed by atoms with Crippen molar-refractivity contribution in [3.8, 4) is 11.1 Å². The molecule has 1 amide bonds. The van der Waals surface area contributed by atoms with Gasteiger partial charge in [0.1, 0.15) is 11.5 Å². The number of hydrogen-bond donors (Lipinski definition) is 2. The number of halogens is 1. The molecular weight excluding hydrogens is 281 g/mol. The van der Waals surface area contributed by atoms with E-state index in [2.05, 4.69) is 15.3 Å². The molecule has 0 bridgehead atoms. The Bertz CT molecular complexity index is 826. The van der Waals surface area contributed by atoms with Crippen LogP contribution in [0.1, 0.15) is 23.7 Å². The van der Waals surface area contributed by atoms with Crippen LogP contribution in [0.4, 0.5) is 4.39 Å². The molecule has 0 spiro atoms. The first-order valence-electron chi connectivity index (χ1n) is 7.20. The van der Waals surface area contributed by atoms with E-state index in [-0.39, 0.29) is 11.7 Å². The summed E-state index contributed by atoms with van der Waals surface area (Å²) in [5, 5.41) is 3.58. The molecule has 2 aromatic heterocycles. The van der Waals surface area contributed by atoms with Crippen molar-refractivity contribution >= 4 is 16.9 Å². The lowest BCUT2D eigenvalue weighted by atomic mass is 10.1. The van der Waals surface area contributed by atoms with Crippen LogP contribution >= 0.6 is 0 Å². The quantitative estimate of drug-likeness (QED) is 0.774. The molecule has 4 nitrogen and oxygen atoms in total. The fraction of sp³-hybridized carbons (Fsp3) is 0.176. The molecule has 0 atom stereocenters. The zero-order chi connectivity index (χ0) is 15.5. The summed E-state index contributed by atoms with van der Waals surface area (Å²) >= 11 is 0. The molecule has 112 valence electrons. The predicted molar refractivity (Wildman–Crippen MR) is 84.1 cm³/mol. The number of nitrogens with one attached hydrogen (secondary N) is 2. The summed E-state index contributed by atoms with van der Waals surface area (Å²) in [6.45, 7) is 2.63. The molecule has 5 heteroatoms. The Morgan fingerprint density at radius 1 is 1.32 bits per heavy atom. The molecule has 0 fully saturated rings. The van der Waals surface area contributed by atoms with Gasteiger partial charge in [-0.15, -0.1) is 0 Å². The average molecular weight is 297 g/mol. The number of H-pyrrole nitrogens is 1. The number of fused-ring (bicyclic) bond motifs is 1. The summed E-state index contributed by atoms with van der Waals surface area (Å²) in [5.74, 6) is -0.432. The number of hydrogen-bond acceptors (Lipinski definition) is 2. The van der Waals surface area contributed by atoms with E-state index >= 15 is 0 Å². The molecule has 0 radical (unpaired) electrons. The van der Waals surface area contributed by atoms with Gasteiger partial charge in [-0.1, -0.05) is 19.1 Å². The Kier molecular flexibility index (Phi) is 3.87. The highest BCUT2D eigenvalue weighted by atomic mass is 19.1. The zero-order valence-corrected chi connectivity index (χ0v) is 12.2. The third kappa shape index (κ3) is 2.70. The minimum absolute atomic E-state index is 0.133. The van der Waals surface area contributed by atoms with Gasteiger partial charge in [0.2, 0.25) is 0 Å². The SMILES string of the molecule is CCCNC(=O)c1c[nH]c2ncc(-c3cccc(F)c3)cc12. The molecule has 3 aromatic rings. The van der Waals surface area contributed by atoms with Crippen molar-refractivity contribution in [3.05, 3.63) is 54.1 Å². The monoisotopic (exact) mass is 297 g/mol. The van der Waals surface area contributed by atoms with Crippen LogP contribution in [0.15, 0.2) is 42.7 Å². The van der Waals surface area contributed by atoms with E-state index in [1.807, 2.05) is 19.1 Å². The largest absolute Gasteiger partial charge is 0.352 e.